The number of hydrogen-bond donors (Lipinski definition) is 2. The fourth-order valence-corrected chi connectivity index (χ4v) is 5.69. The van der Waals surface area contributed by atoms with Crippen molar-refractivity contribution in [3.63, 3.8) is 0 Å². The van der Waals surface area contributed by atoms with Gasteiger partial charge < -0.3 is 15.4 Å². The van der Waals surface area contributed by atoms with Crippen molar-refractivity contribution >= 4 is 33.8 Å². The van der Waals surface area contributed by atoms with Crippen molar-refractivity contribution in [2.45, 2.75) is 47.0 Å². The van der Waals surface area contributed by atoms with Crippen LogP contribution in [0.1, 0.15) is 65.3 Å². The first-order valence-electron chi connectivity index (χ1n) is 11.7. The van der Waals surface area contributed by atoms with E-state index in [4.69, 9.17) is 4.74 Å². The van der Waals surface area contributed by atoms with Crippen LogP contribution in [0, 0.1) is 11.3 Å². The first-order chi connectivity index (χ1) is 16.3. The SMILES string of the molecule is CCOc1ccccc1NC(=O)c1c(NC(=O)c2ccncc2)sc2c1CC[C@@H](C(C)(C)C)C2. The number of thiophene rings is 1. The summed E-state index contributed by atoms with van der Waals surface area (Å²) in [6, 6.07) is 10.7. The van der Waals surface area contributed by atoms with Crippen molar-refractivity contribution in [2.24, 2.45) is 11.3 Å². The van der Waals surface area contributed by atoms with E-state index in [1.807, 2.05) is 31.2 Å². The molecule has 7 heteroatoms. The molecule has 1 atom stereocenters. The number of nitrogens with one attached hydrogen (secondary N) is 2. The zero-order valence-electron chi connectivity index (χ0n) is 20.1. The van der Waals surface area contributed by atoms with Crippen molar-refractivity contribution < 1.29 is 14.3 Å². The topological polar surface area (TPSA) is 80.3 Å². The van der Waals surface area contributed by atoms with Crippen LogP contribution in [0.4, 0.5) is 10.7 Å². The molecule has 178 valence electrons. The van der Waals surface area contributed by atoms with Gasteiger partial charge in [0.05, 0.1) is 17.9 Å². The largest absolute Gasteiger partial charge is 0.492 e. The smallest absolute Gasteiger partial charge is 0.259 e. The van der Waals surface area contributed by atoms with Gasteiger partial charge >= 0.3 is 0 Å². The third-order valence-corrected chi connectivity index (χ3v) is 7.49. The number of pyridine rings is 1. The van der Waals surface area contributed by atoms with Gasteiger partial charge in [0, 0.05) is 22.8 Å². The lowest BCUT2D eigenvalue weighted by molar-refractivity contribution is 0.102. The molecule has 2 aromatic heterocycles. The Labute approximate surface area is 204 Å². The van der Waals surface area contributed by atoms with E-state index in [2.05, 4.69) is 36.4 Å². The highest BCUT2D eigenvalue weighted by Gasteiger charge is 2.34. The molecule has 0 saturated heterocycles. The second-order valence-electron chi connectivity index (χ2n) is 9.59. The number of ether oxygens (including phenoxy) is 1. The fraction of sp³-hybridized carbons (Fsp3) is 0.370. The Morgan fingerprint density at radius 1 is 1.09 bits per heavy atom. The number of amides is 2. The summed E-state index contributed by atoms with van der Waals surface area (Å²) in [5.74, 6) is 0.663. The number of para-hydroxylation sites is 2. The van der Waals surface area contributed by atoms with Crippen LogP contribution in [0.2, 0.25) is 0 Å². The highest BCUT2D eigenvalue weighted by molar-refractivity contribution is 7.17. The molecule has 2 N–H and O–H groups in total. The van der Waals surface area contributed by atoms with Gasteiger partial charge in [0.2, 0.25) is 0 Å². The predicted molar refractivity (Wildman–Crippen MR) is 137 cm³/mol. The maximum absolute atomic E-state index is 13.6. The van der Waals surface area contributed by atoms with Gasteiger partial charge in [-0.1, -0.05) is 32.9 Å². The average Bonchev–Trinajstić information content (AvgIpc) is 3.17. The molecule has 0 aliphatic heterocycles. The number of hydrogen-bond acceptors (Lipinski definition) is 5. The Kier molecular flexibility index (Phi) is 7.03. The number of carbonyl (C=O) groups is 2. The maximum atomic E-state index is 13.6. The summed E-state index contributed by atoms with van der Waals surface area (Å²) in [6.07, 6.45) is 5.90. The number of benzene rings is 1. The van der Waals surface area contributed by atoms with Gasteiger partial charge in [0.15, 0.2) is 0 Å². The lowest BCUT2D eigenvalue weighted by Crippen LogP contribution is -2.27. The second-order valence-corrected chi connectivity index (χ2v) is 10.7. The lowest BCUT2D eigenvalue weighted by Gasteiger charge is -2.33. The maximum Gasteiger partial charge on any atom is 0.259 e. The van der Waals surface area contributed by atoms with E-state index >= 15 is 0 Å². The van der Waals surface area contributed by atoms with Gasteiger partial charge in [0.1, 0.15) is 10.8 Å². The van der Waals surface area contributed by atoms with Crippen LogP contribution in [-0.4, -0.2) is 23.4 Å². The number of fused-ring (bicyclic) bond motifs is 1. The summed E-state index contributed by atoms with van der Waals surface area (Å²) in [6.45, 7) is 9.20. The molecule has 1 aliphatic rings. The van der Waals surface area contributed by atoms with E-state index in [1.54, 1.807) is 24.5 Å². The third kappa shape index (κ3) is 5.14. The highest BCUT2D eigenvalue weighted by atomic mass is 32.1. The third-order valence-electron chi connectivity index (χ3n) is 6.32. The summed E-state index contributed by atoms with van der Waals surface area (Å²) in [7, 11) is 0. The Bertz CT molecular complexity index is 1180. The van der Waals surface area contributed by atoms with Gasteiger partial charge in [-0.15, -0.1) is 11.3 Å². The summed E-state index contributed by atoms with van der Waals surface area (Å²) in [5, 5.41) is 6.62. The summed E-state index contributed by atoms with van der Waals surface area (Å²) >= 11 is 1.52. The first kappa shape index (κ1) is 24.0. The molecule has 34 heavy (non-hydrogen) atoms. The number of aromatic nitrogens is 1. The standard InChI is InChI=1S/C27H31N3O3S/c1-5-33-21-9-7-6-8-20(21)29-25(32)23-19-11-10-18(27(2,3)4)16-22(19)34-26(23)30-24(31)17-12-14-28-15-13-17/h6-9,12-15,18H,5,10-11,16H2,1-4H3,(H,29,32)(H,30,31)/t18-/m1/s1. The normalized spacial score (nSPS) is 15.4. The van der Waals surface area contributed by atoms with Gasteiger partial charge in [-0.05, 0) is 67.3 Å². The van der Waals surface area contributed by atoms with E-state index < -0.39 is 0 Å². The minimum absolute atomic E-state index is 0.182. The van der Waals surface area contributed by atoms with Crippen LogP contribution in [0.15, 0.2) is 48.8 Å². The van der Waals surface area contributed by atoms with Gasteiger partial charge in [-0.3, -0.25) is 14.6 Å². The van der Waals surface area contributed by atoms with Crippen molar-refractivity contribution in [1.29, 1.82) is 0 Å². The van der Waals surface area contributed by atoms with Crippen LogP contribution >= 0.6 is 11.3 Å². The van der Waals surface area contributed by atoms with Crippen molar-refractivity contribution in [3.8, 4) is 5.75 Å². The molecule has 6 nitrogen and oxygen atoms in total. The zero-order chi connectivity index (χ0) is 24.3. The molecular formula is C27H31N3O3S. The average molecular weight is 478 g/mol. The molecule has 3 aromatic rings. The molecule has 2 amide bonds. The molecule has 4 rings (SSSR count). The van der Waals surface area contributed by atoms with Crippen LogP contribution in [0.25, 0.3) is 0 Å². The first-order valence-corrected chi connectivity index (χ1v) is 12.5. The lowest BCUT2D eigenvalue weighted by atomic mass is 9.72. The van der Waals surface area contributed by atoms with E-state index in [9.17, 15) is 9.59 Å². The Balaban J connectivity index is 1.69. The monoisotopic (exact) mass is 477 g/mol. The highest BCUT2D eigenvalue weighted by Crippen LogP contribution is 2.44. The van der Waals surface area contributed by atoms with Crippen LogP contribution in [0.5, 0.6) is 5.75 Å². The molecule has 1 aromatic carbocycles. The van der Waals surface area contributed by atoms with Crippen molar-refractivity contribution in [2.75, 3.05) is 17.2 Å². The number of rotatable bonds is 6. The molecule has 1 aliphatic carbocycles. The number of carbonyl (C=O) groups excluding carboxylic acids is 2. The fourth-order valence-electron chi connectivity index (χ4n) is 4.37. The van der Waals surface area contributed by atoms with Crippen LogP contribution in [0.3, 0.4) is 0 Å². The minimum Gasteiger partial charge on any atom is -0.492 e. The molecule has 0 fully saturated rings. The molecular weight excluding hydrogens is 446 g/mol. The molecule has 0 saturated carbocycles. The number of anilines is 2. The molecule has 0 spiro atoms. The van der Waals surface area contributed by atoms with E-state index in [-0.39, 0.29) is 17.2 Å². The molecule has 2 heterocycles. The Morgan fingerprint density at radius 2 is 1.82 bits per heavy atom. The zero-order valence-corrected chi connectivity index (χ0v) is 20.9. The minimum atomic E-state index is -0.253. The van der Waals surface area contributed by atoms with Crippen LogP contribution in [-0.2, 0) is 12.8 Å². The Hall–Kier alpha value is -3.19. The van der Waals surface area contributed by atoms with E-state index in [0.717, 1.165) is 24.8 Å². The van der Waals surface area contributed by atoms with Crippen molar-refractivity contribution in [1.82, 2.24) is 4.98 Å². The quantitative estimate of drug-likeness (QED) is 0.443. The van der Waals surface area contributed by atoms with Gasteiger partial charge in [-0.2, -0.15) is 0 Å². The summed E-state index contributed by atoms with van der Waals surface area (Å²) in [5.41, 5.74) is 2.90. The molecule has 0 unspecified atom stereocenters. The Morgan fingerprint density at radius 3 is 2.53 bits per heavy atom. The van der Waals surface area contributed by atoms with E-state index in [1.165, 1.54) is 16.2 Å². The summed E-state index contributed by atoms with van der Waals surface area (Å²) < 4.78 is 5.68. The van der Waals surface area contributed by atoms with Gasteiger partial charge in [0.25, 0.3) is 11.8 Å². The molecule has 0 bridgehead atoms. The second kappa shape index (κ2) is 9.97. The van der Waals surface area contributed by atoms with Crippen molar-refractivity contribution in [3.05, 3.63) is 70.4 Å². The van der Waals surface area contributed by atoms with E-state index in [0.29, 0.717) is 40.1 Å². The van der Waals surface area contributed by atoms with Gasteiger partial charge in [-0.25, -0.2) is 0 Å². The predicted octanol–water partition coefficient (Wildman–Crippen LogP) is 6.20. The number of nitrogens with zero attached hydrogens (tertiary/aromatic N) is 1. The van der Waals surface area contributed by atoms with Crippen LogP contribution < -0.4 is 15.4 Å². The molecule has 0 radical (unpaired) electrons. The summed E-state index contributed by atoms with van der Waals surface area (Å²) in [4.78, 5) is 31.7.